The summed E-state index contributed by atoms with van der Waals surface area (Å²) in [7, 11) is 1.59. The van der Waals surface area contributed by atoms with E-state index in [0.29, 0.717) is 5.75 Å². The van der Waals surface area contributed by atoms with Gasteiger partial charge in [0.2, 0.25) is 5.91 Å². The third-order valence-electron chi connectivity index (χ3n) is 3.14. The van der Waals surface area contributed by atoms with Crippen molar-refractivity contribution in [3.63, 3.8) is 0 Å². The lowest BCUT2D eigenvalue weighted by Gasteiger charge is -2.17. The Bertz CT molecular complexity index is 602. The van der Waals surface area contributed by atoms with E-state index in [2.05, 4.69) is 15.5 Å². The van der Waals surface area contributed by atoms with Crippen molar-refractivity contribution in [1.29, 1.82) is 0 Å². The number of primary amides is 1. The predicted molar refractivity (Wildman–Crippen MR) is 76.6 cm³/mol. The molecule has 106 valence electrons. The molecule has 0 radical (unpaired) electrons. The monoisotopic (exact) mass is 274 g/mol. The van der Waals surface area contributed by atoms with Gasteiger partial charge in [-0.3, -0.25) is 9.89 Å². The molecule has 1 atom stereocenters. The first-order valence-corrected chi connectivity index (χ1v) is 6.24. The normalized spacial score (nSPS) is 11.9. The molecule has 0 bridgehead atoms. The summed E-state index contributed by atoms with van der Waals surface area (Å²) in [5.41, 5.74) is 8.62. The minimum Gasteiger partial charge on any atom is -0.497 e. The number of anilines is 1. The van der Waals surface area contributed by atoms with Gasteiger partial charge in [0, 0.05) is 23.0 Å². The summed E-state index contributed by atoms with van der Waals surface area (Å²) in [6.07, 6.45) is 0. The topological polar surface area (TPSA) is 93.0 Å². The van der Waals surface area contributed by atoms with Crippen molar-refractivity contribution in [2.45, 2.75) is 19.9 Å². The fourth-order valence-electron chi connectivity index (χ4n) is 2.15. The smallest absolute Gasteiger partial charge is 0.244 e. The predicted octanol–water partition coefficient (Wildman–Crippen LogP) is 1.67. The number of amides is 1. The van der Waals surface area contributed by atoms with Crippen LogP contribution in [0.4, 0.5) is 5.69 Å². The number of nitrogens with one attached hydrogen (secondary N) is 2. The van der Waals surface area contributed by atoms with Gasteiger partial charge in [-0.25, -0.2) is 0 Å². The zero-order valence-corrected chi connectivity index (χ0v) is 11.7. The average Bonchev–Trinajstić information content (AvgIpc) is 2.76. The molecule has 0 saturated carbocycles. The van der Waals surface area contributed by atoms with E-state index in [1.165, 1.54) is 0 Å². The second-order valence-corrected chi connectivity index (χ2v) is 4.56. The molecule has 1 amide bonds. The minimum absolute atomic E-state index is 0.458. The number of aromatic nitrogens is 2. The van der Waals surface area contributed by atoms with Crippen molar-refractivity contribution >= 4 is 11.6 Å². The fourth-order valence-corrected chi connectivity index (χ4v) is 2.15. The van der Waals surface area contributed by atoms with Crippen molar-refractivity contribution in [1.82, 2.24) is 10.2 Å². The molecular formula is C14H18N4O2. The van der Waals surface area contributed by atoms with E-state index in [1.54, 1.807) is 13.2 Å². The standard InChI is InChI=1S/C14H18N4O2/c1-8-12(9(2)18-17-8)13(14(15)19)16-10-5-4-6-11(7-10)20-3/h4-7,13,16H,1-3H3,(H2,15,19)(H,17,18). The number of rotatable bonds is 5. The largest absolute Gasteiger partial charge is 0.497 e. The number of methoxy groups -OCH3 is 1. The average molecular weight is 274 g/mol. The van der Waals surface area contributed by atoms with Crippen molar-refractivity contribution in [3.05, 3.63) is 41.2 Å². The summed E-state index contributed by atoms with van der Waals surface area (Å²) in [5, 5.41) is 10.1. The molecule has 6 nitrogen and oxygen atoms in total. The van der Waals surface area contributed by atoms with Gasteiger partial charge in [0.25, 0.3) is 0 Å². The number of aryl methyl sites for hydroxylation is 2. The Labute approximate surface area is 117 Å². The molecule has 6 heteroatoms. The Morgan fingerprint density at radius 1 is 1.45 bits per heavy atom. The number of H-pyrrole nitrogens is 1. The van der Waals surface area contributed by atoms with Crippen LogP contribution in [0.5, 0.6) is 5.75 Å². The molecule has 0 saturated heterocycles. The van der Waals surface area contributed by atoms with Crippen LogP contribution in [0.2, 0.25) is 0 Å². The first-order valence-electron chi connectivity index (χ1n) is 6.24. The lowest BCUT2D eigenvalue weighted by Crippen LogP contribution is -2.28. The van der Waals surface area contributed by atoms with Gasteiger partial charge < -0.3 is 15.8 Å². The Hall–Kier alpha value is -2.50. The summed E-state index contributed by atoms with van der Waals surface area (Å²) in [4.78, 5) is 11.7. The maximum absolute atomic E-state index is 11.7. The highest BCUT2D eigenvalue weighted by Crippen LogP contribution is 2.25. The van der Waals surface area contributed by atoms with Crippen LogP contribution >= 0.6 is 0 Å². The number of nitrogens with zero attached hydrogens (tertiary/aromatic N) is 1. The van der Waals surface area contributed by atoms with Crippen LogP contribution in [0.1, 0.15) is 23.0 Å². The number of aromatic amines is 1. The van der Waals surface area contributed by atoms with Gasteiger partial charge in [-0.2, -0.15) is 5.10 Å². The first kappa shape index (κ1) is 13.9. The first-order chi connectivity index (χ1) is 9.52. The van der Waals surface area contributed by atoms with Gasteiger partial charge in [0.1, 0.15) is 11.8 Å². The zero-order valence-electron chi connectivity index (χ0n) is 11.7. The Morgan fingerprint density at radius 3 is 2.75 bits per heavy atom. The molecule has 20 heavy (non-hydrogen) atoms. The summed E-state index contributed by atoms with van der Waals surface area (Å²) in [6.45, 7) is 3.70. The lowest BCUT2D eigenvalue weighted by molar-refractivity contribution is -0.118. The fraction of sp³-hybridized carbons (Fsp3) is 0.286. The van der Waals surface area contributed by atoms with Gasteiger partial charge >= 0.3 is 0 Å². The molecule has 0 fully saturated rings. The molecule has 0 aliphatic rings. The highest BCUT2D eigenvalue weighted by Gasteiger charge is 2.23. The van der Waals surface area contributed by atoms with E-state index < -0.39 is 11.9 Å². The molecule has 1 aromatic heterocycles. The van der Waals surface area contributed by atoms with Gasteiger partial charge in [-0.05, 0) is 26.0 Å². The van der Waals surface area contributed by atoms with Crippen LogP contribution in [-0.2, 0) is 4.79 Å². The number of nitrogens with two attached hydrogens (primary N) is 1. The molecule has 0 aliphatic heterocycles. The SMILES string of the molecule is COc1cccc(NC(C(N)=O)c2c(C)n[nH]c2C)c1. The molecule has 1 heterocycles. The third-order valence-corrected chi connectivity index (χ3v) is 3.14. The molecule has 0 spiro atoms. The van der Waals surface area contributed by atoms with Gasteiger partial charge in [-0.1, -0.05) is 6.07 Å². The number of benzene rings is 1. The van der Waals surface area contributed by atoms with Gasteiger partial charge in [0.05, 0.1) is 12.8 Å². The van der Waals surface area contributed by atoms with Crippen molar-refractivity contribution < 1.29 is 9.53 Å². The van der Waals surface area contributed by atoms with Crippen LogP contribution in [0.25, 0.3) is 0 Å². The van der Waals surface area contributed by atoms with Gasteiger partial charge in [-0.15, -0.1) is 0 Å². The molecule has 1 aromatic carbocycles. The van der Waals surface area contributed by atoms with Crippen molar-refractivity contribution in [3.8, 4) is 5.75 Å². The van der Waals surface area contributed by atoms with E-state index in [9.17, 15) is 4.79 Å². The highest BCUT2D eigenvalue weighted by atomic mass is 16.5. The summed E-state index contributed by atoms with van der Waals surface area (Å²) >= 11 is 0. The number of hydrogen-bond donors (Lipinski definition) is 3. The Balaban J connectivity index is 2.33. The summed E-state index contributed by atoms with van der Waals surface area (Å²) in [6, 6.07) is 6.69. The second kappa shape index (κ2) is 5.64. The van der Waals surface area contributed by atoms with E-state index in [1.807, 2.05) is 32.0 Å². The van der Waals surface area contributed by atoms with E-state index in [4.69, 9.17) is 10.5 Å². The van der Waals surface area contributed by atoms with Crippen LogP contribution in [-0.4, -0.2) is 23.2 Å². The Morgan fingerprint density at radius 2 is 2.20 bits per heavy atom. The van der Waals surface area contributed by atoms with E-state index in [0.717, 1.165) is 22.6 Å². The van der Waals surface area contributed by atoms with Crippen molar-refractivity contribution in [2.75, 3.05) is 12.4 Å². The number of hydrogen-bond acceptors (Lipinski definition) is 4. The maximum atomic E-state index is 11.7. The summed E-state index contributed by atoms with van der Waals surface area (Å²) in [5.74, 6) is 0.249. The van der Waals surface area contributed by atoms with Crippen LogP contribution in [0.15, 0.2) is 24.3 Å². The molecule has 2 rings (SSSR count). The van der Waals surface area contributed by atoms with Gasteiger partial charge in [0.15, 0.2) is 0 Å². The number of carbonyl (C=O) groups excluding carboxylic acids is 1. The van der Waals surface area contributed by atoms with E-state index in [-0.39, 0.29) is 0 Å². The quantitative estimate of drug-likeness (QED) is 0.773. The van der Waals surface area contributed by atoms with E-state index >= 15 is 0 Å². The highest BCUT2D eigenvalue weighted by molar-refractivity contribution is 5.85. The summed E-state index contributed by atoms with van der Waals surface area (Å²) < 4.78 is 5.16. The maximum Gasteiger partial charge on any atom is 0.244 e. The molecular weight excluding hydrogens is 256 g/mol. The molecule has 0 aliphatic carbocycles. The molecule has 4 N–H and O–H groups in total. The van der Waals surface area contributed by atoms with Crippen LogP contribution < -0.4 is 15.8 Å². The van der Waals surface area contributed by atoms with Crippen molar-refractivity contribution in [2.24, 2.45) is 5.73 Å². The third kappa shape index (κ3) is 2.74. The van der Waals surface area contributed by atoms with Crippen LogP contribution in [0.3, 0.4) is 0 Å². The second-order valence-electron chi connectivity index (χ2n) is 4.56. The molecule has 2 aromatic rings. The molecule has 1 unspecified atom stereocenters. The minimum atomic E-state index is -0.638. The Kier molecular flexibility index (Phi) is 3.93. The zero-order chi connectivity index (χ0) is 14.7. The van der Waals surface area contributed by atoms with Crippen LogP contribution in [0, 0.1) is 13.8 Å². The lowest BCUT2D eigenvalue weighted by atomic mass is 10.0. The number of carbonyl (C=O) groups is 1. The number of ether oxygens (including phenoxy) is 1.